The van der Waals surface area contributed by atoms with E-state index >= 15 is 0 Å². The molecule has 31 heavy (non-hydrogen) atoms. The Morgan fingerprint density at radius 2 is 1.74 bits per heavy atom. The fraction of sp³-hybridized carbons (Fsp3) is 0.333. The first kappa shape index (κ1) is 24.8. The minimum Gasteiger partial charge on any atom is -0.357 e. The number of amides is 2. The molecule has 1 N–H and O–H groups in total. The summed E-state index contributed by atoms with van der Waals surface area (Å²) in [5, 5.41) is 2.54. The van der Waals surface area contributed by atoms with Crippen LogP contribution in [0.3, 0.4) is 0 Å². The first-order valence-electron chi connectivity index (χ1n) is 9.56. The van der Waals surface area contributed by atoms with Gasteiger partial charge in [0.15, 0.2) is 0 Å². The van der Waals surface area contributed by atoms with E-state index in [-0.39, 0.29) is 12.5 Å². The van der Waals surface area contributed by atoms with Crippen LogP contribution >= 0.6 is 15.9 Å². The highest BCUT2D eigenvalue weighted by atomic mass is 79.9. The van der Waals surface area contributed by atoms with E-state index in [0.29, 0.717) is 22.1 Å². The summed E-state index contributed by atoms with van der Waals surface area (Å²) in [4.78, 5) is 27.1. The minimum atomic E-state index is -3.80. The number of benzene rings is 2. The molecule has 1 unspecified atom stereocenters. The van der Waals surface area contributed by atoms with Crippen LogP contribution in [0.1, 0.15) is 18.9 Å². The van der Waals surface area contributed by atoms with E-state index in [9.17, 15) is 22.4 Å². The molecule has 0 bridgehead atoms. The predicted octanol–water partition coefficient (Wildman–Crippen LogP) is 2.91. The van der Waals surface area contributed by atoms with Crippen molar-refractivity contribution in [2.24, 2.45) is 0 Å². The molecule has 10 heteroatoms. The number of hydrogen-bond donors (Lipinski definition) is 1. The van der Waals surface area contributed by atoms with Crippen LogP contribution in [-0.4, -0.2) is 51.0 Å². The topological polar surface area (TPSA) is 86.8 Å². The van der Waals surface area contributed by atoms with Gasteiger partial charge in [-0.1, -0.05) is 31.2 Å². The van der Waals surface area contributed by atoms with Crippen LogP contribution in [0.4, 0.5) is 10.1 Å². The Hall–Kier alpha value is -2.46. The van der Waals surface area contributed by atoms with E-state index in [2.05, 4.69) is 21.2 Å². The second-order valence-corrected chi connectivity index (χ2v) is 9.67. The zero-order valence-corrected chi connectivity index (χ0v) is 19.9. The standard InChI is InChI=1S/C21H25BrFN3O4S/c1-4-18(21(28)24-2)25(13-15-9-11-16(23)12-10-15)20(27)14-26(31(3,29)30)19-8-6-5-7-17(19)22/h5-12,18H,4,13-14H2,1-3H3,(H,24,28). The average molecular weight is 514 g/mol. The third kappa shape index (κ3) is 6.51. The number of nitrogens with one attached hydrogen (secondary N) is 1. The van der Waals surface area contributed by atoms with Crippen LogP contribution in [0.15, 0.2) is 53.0 Å². The van der Waals surface area contributed by atoms with Gasteiger partial charge in [-0.05, 0) is 52.2 Å². The maximum atomic E-state index is 13.3. The Kier molecular flexibility index (Phi) is 8.58. The monoisotopic (exact) mass is 513 g/mol. The normalized spacial score (nSPS) is 12.2. The molecule has 2 aromatic rings. The number of carbonyl (C=O) groups excluding carboxylic acids is 2. The van der Waals surface area contributed by atoms with Gasteiger partial charge in [0, 0.05) is 18.1 Å². The molecule has 0 fully saturated rings. The third-order valence-electron chi connectivity index (χ3n) is 4.70. The summed E-state index contributed by atoms with van der Waals surface area (Å²) in [5.41, 5.74) is 0.928. The molecule has 2 amide bonds. The van der Waals surface area contributed by atoms with Gasteiger partial charge in [-0.25, -0.2) is 12.8 Å². The highest BCUT2D eigenvalue weighted by Crippen LogP contribution is 2.28. The summed E-state index contributed by atoms with van der Waals surface area (Å²) in [7, 11) is -2.33. The number of halogens is 2. The molecule has 168 valence electrons. The predicted molar refractivity (Wildman–Crippen MR) is 121 cm³/mol. The SMILES string of the molecule is CCC(C(=O)NC)N(Cc1ccc(F)cc1)C(=O)CN(c1ccccc1Br)S(C)(=O)=O. The van der Waals surface area contributed by atoms with Crippen LogP contribution in [-0.2, 0) is 26.2 Å². The van der Waals surface area contributed by atoms with Crippen LogP contribution < -0.4 is 9.62 Å². The number of anilines is 1. The first-order chi connectivity index (χ1) is 14.6. The highest BCUT2D eigenvalue weighted by molar-refractivity contribution is 9.10. The molecule has 1 atom stereocenters. The van der Waals surface area contributed by atoms with Crippen molar-refractivity contribution in [3.63, 3.8) is 0 Å². The molecule has 0 spiro atoms. The summed E-state index contributed by atoms with van der Waals surface area (Å²) >= 11 is 3.32. The van der Waals surface area contributed by atoms with E-state index in [4.69, 9.17) is 0 Å². The Morgan fingerprint density at radius 1 is 1.13 bits per heavy atom. The number of likely N-dealkylation sites (N-methyl/N-ethyl adjacent to an activating group) is 1. The summed E-state index contributed by atoms with van der Waals surface area (Å²) in [6.07, 6.45) is 1.33. The molecule has 7 nitrogen and oxygen atoms in total. The molecule has 0 saturated carbocycles. The van der Waals surface area contributed by atoms with Gasteiger partial charge in [0.1, 0.15) is 18.4 Å². The second kappa shape index (κ2) is 10.7. The maximum Gasteiger partial charge on any atom is 0.244 e. The molecule has 0 radical (unpaired) electrons. The number of sulfonamides is 1. The average Bonchev–Trinajstić information content (AvgIpc) is 2.72. The first-order valence-corrected chi connectivity index (χ1v) is 12.2. The quantitative estimate of drug-likeness (QED) is 0.558. The molecule has 0 saturated heterocycles. The van der Waals surface area contributed by atoms with Crippen molar-refractivity contribution in [3.05, 3.63) is 64.4 Å². The number of nitrogens with zero attached hydrogens (tertiary/aromatic N) is 2. The van der Waals surface area contributed by atoms with Crippen molar-refractivity contribution in [1.29, 1.82) is 0 Å². The molecule has 0 aliphatic heterocycles. The molecular formula is C21H25BrFN3O4S. The van der Waals surface area contributed by atoms with Crippen molar-refractivity contribution < 1.29 is 22.4 Å². The lowest BCUT2D eigenvalue weighted by Gasteiger charge is -2.32. The lowest BCUT2D eigenvalue weighted by Crippen LogP contribution is -2.51. The lowest BCUT2D eigenvalue weighted by atomic mass is 10.1. The molecule has 0 aliphatic rings. The zero-order chi connectivity index (χ0) is 23.2. The Balaban J connectivity index is 2.43. The summed E-state index contributed by atoms with van der Waals surface area (Å²) in [5.74, 6) is -1.34. The van der Waals surface area contributed by atoms with Crippen molar-refractivity contribution in [1.82, 2.24) is 10.2 Å². The van der Waals surface area contributed by atoms with Crippen LogP contribution in [0.5, 0.6) is 0 Å². The summed E-state index contributed by atoms with van der Waals surface area (Å²) < 4.78 is 39.8. The van der Waals surface area contributed by atoms with E-state index < -0.39 is 34.3 Å². The molecule has 0 heterocycles. The second-order valence-electron chi connectivity index (χ2n) is 6.91. The molecule has 0 aromatic heterocycles. The number of carbonyl (C=O) groups is 2. The van der Waals surface area contributed by atoms with Crippen molar-refractivity contribution in [3.8, 4) is 0 Å². The smallest absolute Gasteiger partial charge is 0.244 e. The van der Waals surface area contributed by atoms with Gasteiger partial charge in [-0.3, -0.25) is 13.9 Å². The molecule has 2 rings (SSSR count). The third-order valence-corrected chi connectivity index (χ3v) is 6.50. The van der Waals surface area contributed by atoms with E-state index in [1.807, 2.05) is 0 Å². The van der Waals surface area contributed by atoms with Gasteiger partial charge < -0.3 is 10.2 Å². The Morgan fingerprint density at radius 3 is 2.26 bits per heavy atom. The van der Waals surface area contributed by atoms with E-state index in [1.54, 1.807) is 31.2 Å². The largest absolute Gasteiger partial charge is 0.357 e. The lowest BCUT2D eigenvalue weighted by molar-refractivity contribution is -0.140. The number of para-hydroxylation sites is 1. The van der Waals surface area contributed by atoms with Crippen molar-refractivity contribution >= 4 is 43.5 Å². The van der Waals surface area contributed by atoms with Gasteiger partial charge >= 0.3 is 0 Å². The zero-order valence-electron chi connectivity index (χ0n) is 17.5. The fourth-order valence-electron chi connectivity index (χ4n) is 3.12. The van der Waals surface area contributed by atoms with Gasteiger partial charge in [-0.15, -0.1) is 0 Å². The van der Waals surface area contributed by atoms with E-state index in [0.717, 1.165) is 10.6 Å². The van der Waals surface area contributed by atoms with Gasteiger partial charge in [0.25, 0.3) is 0 Å². The van der Waals surface area contributed by atoms with Gasteiger partial charge in [0.05, 0.1) is 11.9 Å². The highest BCUT2D eigenvalue weighted by Gasteiger charge is 2.31. The van der Waals surface area contributed by atoms with Crippen LogP contribution in [0, 0.1) is 5.82 Å². The fourth-order valence-corrected chi connectivity index (χ4v) is 4.60. The summed E-state index contributed by atoms with van der Waals surface area (Å²) in [6, 6.07) is 11.4. The van der Waals surface area contributed by atoms with Crippen molar-refractivity contribution in [2.75, 3.05) is 24.2 Å². The maximum absolute atomic E-state index is 13.3. The molecule has 2 aromatic carbocycles. The molecule has 0 aliphatic carbocycles. The number of hydrogen-bond acceptors (Lipinski definition) is 4. The Bertz CT molecular complexity index is 1030. The Labute approximate surface area is 190 Å². The van der Waals surface area contributed by atoms with Crippen LogP contribution in [0.25, 0.3) is 0 Å². The van der Waals surface area contributed by atoms with Crippen LogP contribution in [0.2, 0.25) is 0 Å². The summed E-state index contributed by atoms with van der Waals surface area (Å²) in [6.45, 7) is 1.29. The van der Waals surface area contributed by atoms with E-state index in [1.165, 1.54) is 36.2 Å². The number of rotatable bonds is 9. The van der Waals surface area contributed by atoms with Crippen molar-refractivity contribution in [2.45, 2.75) is 25.9 Å². The van der Waals surface area contributed by atoms with Gasteiger partial charge in [0.2, 0.25) is 21.8 Å². The van der Waals surface area contributed by atoms with Gasteiger partial charge in [-0.2, -0.15) is 0 Å². The molecular weight excluding hydrogens is 489 g/mol. The minimum absolute atomic E-state index is 0.0264.